The minimum atomic E-state index is -0.446. The van der Waals surface area contributed by atoms with Crippen LogP contribution in [0.4, 0.5) is 4.39 Å². The highest BCUT2D eigenvalue weighted by Gasteiger charge is 2.12. The number of nitrogens with zero attached hydrogens (tertiary/aromatic N) is 1. The molecule has 0 fully saturated rings. The van der Waals surface area contributed by atoms with Crippen LogP contribution in [0.15, 0.2) is 18.3 Å². The van der Waals surface area contributed by atoms with Crippen LogP contribution in [0.3, 0.4) is 0 Å². The first-order valence-corrected chi connectivity index (χ1v) is 5.97. The van der Waals surface area contributed by atoms with E-state index in [0.717, 1.165) is 12.6 Å². The summed E-state index contributed by atoms with van der Waals surface area (Å²) in [6, 6.07) is 2.64. The standard InChI is InChI=1S/C11H14BrFN2O/c1-7(12)5-8(2)15-11(16)10-4-3-9(13)6-14-10/h3-4,6-8H,5H2,1-2H3,(H,15,16). The van der Waals surface area contributed by atoms with Crippen molar-refractivity contribution in [2.75, 3.05) is 0 Å². The Morgan fingerprint density at radius 1 is 1.56 bits per heavy atom. The Kier molecular flexibility index (Phi) is 4.86. The molecule has 0 aliphatic carbocycles. The molecule has 16 heavy (non-hydrogen) atoms. The summed E-state index contributed by atoms with van der Waals surface area (Å²) >= 11 is 3.41. The average molecular weight is 289 g/mol. The van der Waals surface area contributed by atoms with Crippen molar-refractivity contribution in [1.29, 1.82) is 0 Å². The van der Waals surface area contributed by atoms with Crippen LogP contribution in [0.1, 0.15) is 30.8 Å². The Labute approximate surface area is 103 Å². The SMILES string of the molecule is CC(Br)CC(C)NC(=O)c1ccc(F)cn1. The lowest BCUT2D eigenvalue weighted by molar-refractivity contribution is 0.0933. The van der Waals surface area contributed by atoms with Crippen molar-refractivity contribution < 1.29 is 9.18 Å². The minimum Gasteiger partial charge on any atom is -0.348 e. The zero-order valence-electron chi connectivity index (χ0n) is 9.21. The van der Waals surface area contributed by atoms with E-state index in [9.17, 15) is 9.18 Å². The van der Waals surface area contributed by atoms with Gasteiger partial charge in [0.25, 0.3) is 5.91 Å². The molecule has 1 rings (SSSR count). The van der Waals surface area contributed by atoms with Gasteiger partial charge in [0, 0.05) is 10.9 Å². The number of nitrogens with one attached hydrogen (secondary N) is 1. The van der Waals surface area contributed by atoms with E-state index in [-0.39, 0.29) is 17.6 Å². The largest absolute Gasteiger partial charge is 0.348 e. The lowest BCUT2D eigenvalue weighted by atomic mass is 10.2. The molecule has 2 unspecified atom stereocenters. The Morgan fingerprint density at radius 3 is 2.75 bits per heavy atom. The van der Waals surface area contributed by atoms with Crippen molar-refractivity contribution in [2.24, 2.45) is 0 Å². The summed E-state index contributed by atoms with van der Waals surface area (Å²) in [6.45, 7) is 3.93. The van der Waals surface area contributed by atoms with Crippen molar-refractivity contribution in [1.82, 2.24) is 10.3 Å². The number of carbonyl (C=O) groups excluding carboxylic acids is 1. The summed E-state index contributed by atoms with van der Waals surface area (Å²) in [5, 5.41) is 2.79. The van der Waals surface area contributed by atoms with Gasteiger partial charge in [-0.1, -0.05) is 22.9 Å². The van der Waals surface area contributed by atoms with Gasteiger partial charge in [0.15, 0.2) is 0 Å². The number of rotatable bonds is 4. The minimum absolute atomic E-state index is 0.0497. The molecule has 0 aliphatic heterocycles. The molecule has 0 aliphatic rings. The van der Waals surface area contributed by atoms with Gasteiger partial charge in [0.05, 0.1) is 6.20 Å². The summed E-state index contributed by atoms with van der Waals surface area (Å²) in [6.07, 6.45) is 1.86. The summed E-state index contributed by atoms with van der Waals surface area (Å²) in [4.78, 5) is 15.7. The van der Waals surface area contributed by atoms with Gasteiger partial charge in [-0.15, -0.1) is 0 Å². The molecule has 0 saturated carbocycles. The van der Waals surface area contributed by atoms with Gasteiger partial charge in [-0.05, 0) is 25.5 Å². The normalized spacial score (nSPS) is 14.2. The number of amides is 1. The number of alkyl halides is 1. The molecular formula is C11H14BrFN2O. The number of aromatic nitrogens is 1. The fourth-order valence-corrected chi connectivity index (χ4v) is 1.91. The van der Waals surface area contributed by atoms with E-state index in [1.165, 1.54) is 12.1 Å². The Hall–Kier alpha value is -0.970. The maximum atomic E-state index is 12.6. The highest BCUT2D eigenvalue weighted by Crippen LogP contribution is 2.07. The van der Waals surface area contributed by atoms with Gasteiger partial charge in [-0.2, -0.15) is 0 Å². The van der Waals surface area contributed by atoms with Crippen LogP contribution >= 0.6 is 15.9 Å². The first-order valence-electron chi connectivity index (χ1n) is 5.05. The molecule has 1 heterocycles. The Balaban J connectivity index is 2.55. The average Bonchev–Trinajstić information content (AvgIpc) is 2.16. The van der Waals surface area contributed by atoms with Gasteiger partial charge < -0.3 is 5.32 Å². The van der Waals surface area contributed by atoms with Crippen LogP contribution in [-0.4, -0.2) is 21.8 Å². The quantitative estimate of drug-likeness (QED) is 0.865. The summed E-state index contributed by atoms with van der Waals surface area (Å²) in [5.74, 6) is -0.723. The molecule has 0 radical (unpaired) electrons. The highest BCUT2D eigenvalue weighted by molar-refractivity contribution is 9.09. The zero-order chi connectivity index (χ0) is 12.1. The Morgan fingerprint density at radius 2 is 2.25 bits per heavy atom. The van der Waals surface area contributed by atoms with Crippen LogP contribution in [-0.2, 0) is 0 Å². The predicted molar refractivity (Wildman–Crippen MR) is 64.1 cm³/mol. The van der Waals surface area contributed by atoms with E-state index in [1.54, 1.807) is 0 Å². The molecule has 5 heteroatoms. The van der Waals surface area contributed by atoms with Crippen LogP contribution in [0.2, 0.25) is 0 Å². The first kappa shape index (κ1) is 13.1. The van der Waals surface area contributed by atoms with Gasteiger partial charge >= 0.3 is 0 Å². The highest BCUT2D eigenvalue weighted by atomic mass is 79.9. The zero-order valence-corrected chi connectivity index (χ0v) is 10.8. The lowest BCUT2D eigenvalue weighted by Crippen LogP contribution is -2.34. The summed E-state index contributed by atoms with van der Waals surface area (Å²) < 4.78 is 12.6. The number of carbonyl (C=O) groups is 1. The van der Waals surface area contributed by atoms with E-state index in [0.29, 0.717) is 4.83 Å². The smallest absolute Gasteiger partial charge is 0.270 e. The van der Waals surface area contributed by atoms with Gasteiger partial charge in [0.2, 0.25) is 0 Å². The van der Waals surface area contributed by atoms with E-state index in [1.807, 2.05) is 13.8 Å². The fourth-order valence-electron chi connectivity index (χ4n) is 1.35. The first-order chi connectivity index (χ1) is 7.49. The summed E-state index contributed by atoms with van der Waals surface area (Å²) in [5.41, 5.74) is 0.232. The maximum absolute atomic E-state index is 12.6. The third-order valence-corrected chi connectivity index (χ3v) is 2.39. The molecule has 0 bridgehead atoms. The molecule has 1 aromatic rings. The van der Waals surface area contributed by atoms with Crippen molar-refractivity contribution in [3.63, 3.8) is 0 Å². The molecule has 3 nitrogen and oxygen atoms in total. The molecule has 0 spiro atoms. The molecule has 88 valence electrons. The van der Waals surface area contributed by atoms with Crippen LogP contribution in [0.25, 0.3) is 0 Å². The van der Waals surface area contributed by atoms with E-state index < -0.39 is 5.82 Å². The molecule has 1 aromatic heterocycles. The Bertz CT molecular complexity index is 354. The van der Waals surface area contributed by atoms with Crippen LogP contribution < -0.4 is 5.32 Å². The predicted octanol–water partition coefficient (Wildman–Crippen LogP) is 2.51. The van der Waals surface area contributed by atoms with Gasteiger partial charge in [0.1, 0.15) is 11.5 Å². The number of pyridine rings is 1. The van der Waals surface area contributed by atoms with Crippen LogP contribution in [0, 0.1) is 5.82 Å². The third kappa shape index (κ3) is 4.26. The van der Waals surface area contributed by atoms with E-state index in [4.69, 9.17) is 0 Å². The fraction of sp³-hybridized carbons (Fsp3) is 0.455. The van der Waals surface area contributed by atoms with Crippen molar-refractivity contribution in [3.8, 4) is 0 Å². The van der Waals surface area contributed by atoms with Crippen molar-refractivity contribution in [2.45, 2.75) is 31.1 Å². The molecule has 2 atom stereocenters. The number of hydrogen-bond acceptors (Lipinski definition) is 2. The number of hydrogen-bond donors (Lipinski definition) is 1. The second-order valence-corrected chi connectivity index (χ2v) is 5.32. The lowest BCUT2D eigenvalue weighted by Gasteiger charge is -2.14. The summed E-state index contributed by atoms with van der Waals surface area (Å²) in [7, 11) is 0. The molecule has 1 N–H and O–H groups in total. The van der Waals surface area contributed by atoms with Crippen molar-refractivity contribution >= 4 is 21.8 Å². The van der Waals surface area contributed by atoms with E-state index >= 15 is 0 Å². The molecular weight excluding hydrogens is 275 g/mol. The van der Waals surface area contributed by atoms with E-state index in [2.05, 4.69) is 26.2 Å². The van der Waals surface area contributed by atoms with Gasteiger partial charge in [-0.3, -0.25) is 4.79 Å². The molecule has 1 amide bonds. The molecule has 0 saturated heterocycles. The van der Waals surface area contributed by atoms with Crippen LogP contribution in [0.5, 0.6) is 0 Å². The number of halogens is 2. The monoisotopic (exact) mass is 288 g/mol. The topological polar surface area (TPSA) is 42.0 Å². The van der Waals surface area contributed by atoms with Crippen molar-refractivity contribution in [3.05, 3.63) is 29.8 Å². The van der Waals surface area contributed by atoms with Gasteiger partial charge in [-0.25, -0.2) is 9.37 Å². The second kappa shape index (κ2) is 5.94. The maximum Gasteiger partial charge on any atom is 0.270 e. The second-order valence-electron chi connectivity index (χ2n) is 3.75. The third-order valence-electron chi connectivity index (χ3n) is 2.02. The molecule has 0 aromatic carbocycles.